The summed E-state index contributed by atoms with van der Waals surface area (Å²) >= 11 is 7.66. The molecular weight excluding hydrogens is 440 g/mol. The summed E-state index contributed by atoms with van der Waals surface area (Å²) in [6, 6.07) is 17.4. The van der Waals surface area contributed by atoms with Crippen LogP contribution in [0.3, 0.4) is 0 Å². The van der Waals surface area contributed by atoms with E-state index in [-0.39, 0.29) is 11.8 Å². The highest BCUT2D eigenvalue weighted by Crippen LogP contribution is 2.22. The monoisotopic (exact) mass is 474 g/mol. The molecule has 2 rings (SSSR count). The van der Waals surface area contributed by atoms with Crippen LogP contribution >= 0.6 is 23.4 Å². The standard InChI is InChI=1S/C26H35ClN2O2S/c1-4-24(26(31)28-19-20(2)3)29(17-16-21-9-6-5-7-10-21)25(30)11-8-18-32-23-14-12-22(27)13-15-23/h5-7,9-10,12-15,20,24H,4,8,11,16-19H2,1-3H3,(H,28,31). The number of benzene rings is 2. The van der Waals surface area contributed by atoms with Gasteiger partial charge in [-0.25, -0.2) is 0 Å². The van der Waals surface area contributed by atoms with E-state index in [4.69, 9.17) is 11.6 Å². The molecule has 1 unspecified atom stereocenters. The summed E-state index contributed by atoms with van der Waals surface area (Å²) in [5.41, 5.74) is 1.17. The van der Waals surface area contributed by atoms with Gasteiger partial charge in [0, 0.05) is 29.4 Å². The Morgan fingerprint density at radius 3 is 2.38 bits per heavy atom. The highest BCUT2D eigenvalue weighted by atomic mass is 35.5. The average molecular weight is 475 g/mol. The maximum Gasteiger partial charge on any atom is 0.242 e. The Bertz CT molecular complexity index is 827. The summed E-state index contributed by atoms with van der Waals surface area (Å²) in [5, 5.41) is 3.73. The molecule has 0 aromatic heterocycles. The van der Waals surface area contributed by atoms with Gasteiger partial charge in [-0.1, -0.05) is 62.7 Å². The van der Waals surface area contributed by atoms with Gasteiger partial charge in [0.2, 0.25) is 11.8 Å². The van der Waals surface area contributed by atoms with Crippen LogP contribution in [0.5, 0.6) is 0 Å². The van der Waals surface area contributed by atoms with Crippen molar-refractivity contribution in [2.75, 3.05) is 18.8 Å². The zero-order valence-corrected chi connectivity index (χ0v) is 20.9. The molecule has 0 aliphatic carbocycles. The molecule has 0 aliphatic heterocycles. The minimum Gasteiger partial charge on any atom is -0.354 e. The predicted octanol–water partition coefficient (Wildman–Crippen LogP) is 5.83. The maximum atomic E-state index is 13.2. The largest absolute Gasteiger partial charge is 0.354 e. The van der Waals surface area contributed by atoms with Gasteiger partial charge in [0.25, 0.3) is 0 Å². The van der Waals surface area contributed by atoms with E-state index in [1.807, 2.05) is 49.4 Å². The third-order valence-electron chi connectivity index (χ3n) is 5.17. The van der Waals surface area contributed by atoms with Crippen LogP contribution in [-0.4, -0.2) is 41.6 Å². The van der Waals surface area contributed by atoms with Crippen molar-refractivity contribution < 1.29 is 9.59 Å². The fourth-order valence-electron chi connectivity index (χ4n) is 3.41. The first-order valence-electron chi connectivity index (χ1n) is 11.4. The lowest BCUT2D eigenvalue weighted by Crippen LogP contribution is -2.50. The number of hydrogen-bond acceptors (Lipinski definition) is 3. The van der Waals surface area contributed by atoms with Crippen LogP contribution in [0.4, 0.5) is 0 Å². The number of amides is 2. The summed E-state index contributed by atoms with van der Waals surface area (Å²) in [6.45, 7) is 7.27. The third kappa shape index (κ3) is 9.25. The molecule has 1 N–H and O–H groups in total. The van der Waals surface area contributed by atoms with Crippen molar-refractivity contribution >= 4 is 35.2 Å². The second kappa shape index (κ2) is 14.2. The van der Waals surface area contributed by atoms with Gasteiger partial charge in [0.05, 0.1) is 0 Å². The van der Waals surface area contributed by atoms with Gasteiger partial charge in [-0.2, -0.15) is 0 Å². The smallest absolute Gasteiger partial charge is 0.242 e. The summed E-state index contributed by atoms with van der Waals surface area (Å²) in [6.07, 6.45) is 2.53. The first kappa shape index (κ1) is 26.3. The summed E-state index contributed by atoms with van der Waals surface area (Å²) in [7, 11) is 0. The van der Waals surface area contributed by atoms with Crippen LogP contribution in [0, 0.1) is 5.92 Å². The minimum atomic E-state index is -0.436. The van der Waals surface area contributed by atoms with Crippen LogP contribution in [0.15, 0.2) is 59.5 Å². The molecule has 6 heteroatoms. The molecule has 0 bridgehead atoms. The highest BCUT2D eigenvalue weighted by molar-refractivity contribution is 7.99. The van der Waals surface area contributed by atoms with E-state index < -0.39 is 6.04 Å². The number of carbonyl (C=O) groups excluding carboxylic acids is 2. The zero-order valence-electron chi connectivity index (χ0n) is 19.4. The average Bonchev–Trinajstić information content (AvgIpc) is 2.79. The Hall–Kier alpha value is -1.98. The lowest BCUT2D eigenvalue weighted by Gasteiger charge is -2.31. The van der Waals surface area contributed by atoms with Crippen molar-refractivity contribution in [1.82, 2.24) is 10.2 Å². The van der Waals surface area contributed by atoms with Crippen molar-refractivity contribution in [2.45, 2.75) is 57.4 Å². The van der Waals surface area contributed by atoms with Crippen LogP contribution < -0.4 is 5.32 Å². The number of carbonyl (C=O) groups is 2. The molecule has 4 nitrogen and oxygen atoms in total. The quantitative estimate of drug-likeness (QED) is 0.293. The number of halogens is 1. The van der Waals surface area contributed by atoms with Gasteiger partial charge in [-0.15, -0.1) is 11.8 Å². The second-order valence-electron chi connectivity index (χ2n) is 8.29. The SMILES string of the molecule is CCC(C(=O)NCC(C)C)N(CCc1ccccc1)C(=O)CCCSc1ccc(Cl)cc1. The van der Waals surface area contributed by atoms with Gasteiger partial charge in [-0.3, -0.25) is 9.59 Å². The molecule has 0 saturated carbocycles. The lowest BCUT2D eigenvalue weighted by atomic mass is 10.1. The molecule has 0 saturated heterocycles. The molecule has 2 amide bonds. The summed E-state index contributed by atoms with van der Waals surface area (Å²) in [4.78, 5) is 29.0. The fraction of sp³-hybridized carbons (Fsp3) is 0.462. The second-order valence-corrected chi connectivity index (χ2v) is 9.90. The molecule has 0 fully saturated rings. The van der Waals surface area contributed by atoms with E-state index in [0.29, 0.717) is 31.8 Å². The Kier molecular flexibility index (Phi) is 11.7. The number of nitrogens with zero attached hydrogens (tertiary/aromatic N) is 1. The molecule has 1 atom stereocenters. The van der Waals surface area contributed by atoms with Crippen molar-refractivity contribution in [3.05, 3.63) is 65.2 Å². The normalized spacial score (nSPS) is 11.9. The van der Waals surface area contributed by atoms with Crippen molar-refractivity contribution in [2.24, 2.45) is 5.92 Å². The summed E-state index contributed by atoms with van der Waals surface area (Å²) in [5.74, 6) is 1.20. The Morgan fingerprint density at radius 2 is 1.75 bits per heavy atom. The molecule has 0 aliphatic rings. The Balaban J connectivity index is 1.98. The highest BCUT2D eigenvalue weighted by Gasteiger charge is 2.27. The van der Waals surface area contributed by atoms with Crippen LogP contribution in [0.1, 0.15) is 45.6 Å². The van der Waals surface area contributed by atoms with E-state index in [9.17, 15) is 9.59 Å². The molecular formula is C26H35ClN2O2S. The van der Waals surface area contributed by atoms with E-state index >= 15 is 0 Å². The Morgan fingerprint density at radius 1 is 1.06 bits per heavy atom. The Labute approximate surface area is 202 Å². The maximum absolute atomic E-state index is 13.2. The molecule has 2 aromatic carbocycles. The first-order valence-corrected chi connectivity index (χ1v) is 12.8. The number of thioether (sulfide) groups is 1. The topological polar surface area (TPSA) is 49.4 Å². The number of nitrogens with one attached hydrogen (secondary N) is 1. The van der Waals surface area contributed by atoms with E-state index in [1.165, 1.54) is 5.56 Å². The fourth-order valence-corrected chi connectivity index (χ4v) is 4.39. The number of rotatable bonds is 13. The predicted molar refractivity (Wildman–Crippen MR) is 135 cm³/mol. The molecule has 0 heterocycles. The van der Waals surface area contributed by atoms with Crippen LogP contribution in [0.2, 0.25) is 5.02 Å². The van der Waals surface area contributed by atoms with Crippen LogP contribution in [-0.2, 0) is 16.0 Å². The molecule has 0 radical (unpaired) electrons. The minimum absolute atomic E-state index is 0.0455. The van der Waals surface area contributed by atoms with Crippen molar-refractivity contribution in [3.8, 4) is 0 Å². The molecule has 2 aromatic rings. The first-order chi connectivity index (χ1) is 15.4. The van der Waals surface area contributed by atoms with Crippen LogP contribution in [0.25, 0.3) is 0 Å². The van der Waals surface area contributed by atoms with Gasteiger partial charge >= 0.3 is 0 Å². The van der Waals surface area contributed by atoms with Crippen molar-refractivity contribution in [1.29, 1.82) is 0 Å². The molecule has 32 heavy (non-hydrogen) atoms. The lowest BCUT2D eigenvalue weighted by molar-refractivity contribution is -0.140. The van der Waals surface area contributed by atoms with E-state index in [1.54, 1.807) is 16.7 Å². The van der Waals surface area contributed by atoms with Crippen molar-refractivity contribution in [3.63, 3.8) is 0 Å². The summed E-state index contributed by atoms with van der Waals surface area (Å²) < 4.78 is 0. The van der Waals surface area contributed by atoms with Gasteiger partial charge < -0.3 is 10.2 Å². The zero-order chi connectivity index (χ0) is 23.3. The molecule has 174 valence electrons. The van der Waals surface area contributed by atoms with E-state index in [2.05, 4.69) is 31.3 Å². The van der Waals surface area contributed by atoms with Gasteiger partial charge in [0.1, 0.15) is 6.04 Å². The van der Waals surface area contributed by atoms with E-state index in [0.717, 1.165) is 28.5 Å². The molecule has 0 spiro atoms. The number of hydrogen-bond donors (Lipinski definition) is 1. The van der Waals surface area contributed by atoms with Gasteiger partial charge in [-0.05, 0) is 60.8 Å². The van der Waals surface area contributed by atoms with Gasteiger partial charge in [0.15, 0.2) is 0 Å². The third-order valence-corrected chi connectivity index (χ3v) is 6.52.